The minimum absolute atomic E-state index is 0.0971. The molecule has 1 saturated heterocycles. The molecule has 5 rings (SSSR count). The van der Waals surface area contributed by atoms with Crippen LogP contribution in [0.3, 0.4) is 0 Å². The number of phenols is 1. The number of hydrogen-bond donors (Lipinski definition) is 1. The van der Waals surface area contributed by atoms with Gasteiger partial charge >= 0.3 is 12.2 Å². The smallest absolute Gasteiger partial charge is 0.416 e. The summed E-state index contributed by atoms with van der Waals surface area (Å²) in [5.74, 6) is -2.72. The second-order valence-electron chi connectivity index (χ2n) is 8.13. The van der Waals surface area contributed by atoms with Crippen LogP contribution in [-0.4, -0.2) is 42.6 Å². The lowest BCUT2D eigenvalue weighted by atomic mass is 10.1. The van der Waals surface area contributed by atoms with E-state index in [0.29, 0.717) is 25.0 Å². The fourth-order valence-corrected chi connectivity index (χ4v) is 4.84. The van der Waals surface area contributed by atoms with Gasteiger partial charge in [0.2, 0.25) is 0 Å². The van der Waals surface area contributed by atoms with E-state index in [4.69, 9.17) is 0 Å². The van der Waals surface area contributed by atoms with E-state index < -0.39 is 40.4 Å². The number of aromatic hydroxyl groups is 1. The number of rotatable bonds is 5. The van der Waals surface area contributed by atoms with Crippen LogP contribution in [0.1, 0.15) is 29.0 Å². The van der Waals surface area contributed by atoms with Gasteiger partial charge in [0.15, 0.2) is 16.6 Å². The summed E-state index contributed by atoms with van der Waals surface area (Å²) >= 11 is 0.788. The Morgan fingerprint density at radius 3 is 2.41 bits per heavy atom. The Bertz CT molecular complexity index is 1290. The van der Waals surface area contributed by atoms with Crippen molar-refractivity contribution < 1.29 is 32.3 Å². The molecule has 1 aliphatic heterocycles. The van der Waals surface area contributed by atoms with Crippen molar-refractivity contribution in [1.29, 1.82) is 0 Å². The van der Waals surface area contributed by atoms with E-state index in [2.05, 4.69) is 10.2 Å². The minimum atomic E-state index is -4.80. The molecular formula is C22H16F4N4O3S. The summed E-state index contributed by atoms with van der Waals surface area (Å²) in [6.45, 7) is 0.0208. The molecule has 7 nitrogen and oxygen atoms in total. The maximum Gasteiger partial charge on any atom is 0.416 e. The Hall–Kier alpha value is -3.54. The molecule has 1 spiro atoms. The first kappa shape index (κ1) is 22.3. The predicted octanol–water partition coefficient (Wildman–Crippen LogP) is 4.57. The number of carbonyl (C=O) groups excluding carboxylic acids is 2. The number of benzene rings is 2. The van der Waals surface area contributed by atoms with Gasteiger partial charge < -0.3 is 10.0 Å². The van der Waals surface area contributed by atoms with E-state index in [1.54, 1.807) is 24.3 Å². The molecule has 0 radical (unpaired) electrons. The molecule has 0 unspecified atom stereocenters. The van der Waals surface area contributed by atoms with Crippen LogP contribution in [0.5, 0.6) is 5.75 Å². The van der Waals surface area contributed by atoms with Gasteiger partial charge in [0, 0.05) is 0 Å². The molecule has 12 heteroatoms. The van der Waals surface area contributed by atoms with E-state index in [0.717, 1.165) is 16.9 Å². The van der Waals surface area contributed by atoms with Gasteiger partial charge in [-0.2, -0.15) is 13.2 Å². The number of nitrogens with zero attached hydrogens (tertiary/aromatic N) is 4. The van der Waals surface area contributed by atoms with Crippen LogP contribution >= 0.6 is 11.3 Å². The lowest BCUT2D eigenvalue weighted by Crippen LogP contribution is -2.36. The molecular weight excluding hydrogens is 476 g/mol. The molecule has 0 bridgehead atoms. The van der Waals surface area contributed by atoms with Gasteiger partial charge in [-0.25, -0.2) is 9.18 Å². The lowest BCUT2D eigenvalue weighted by molar-refractivity contribution is -0.137. The molecule has 2 aromatic carbocycles. The minimum Gasteiger partial charge on any atom is -0.505 e. The quantitative estimate of drug-likeness (QED) is 0.417. The van der Waals surface area contributed by atoms with Crippen LogP contribution in [0.25, 0.3) is 10.6 Å². The zero-order valence-corrected chi connectivity index (χ0v) is 18.2. The van der Waals surface area contributed by atoms with Crippen molar-refractivity contribution in [2.75, 3.05) is 0 Å². The summed E-state index contributed by atoms with van der Waals surface area (Å²) in [5.41, 5.74) is -1.95. The van der Waals surface area contributed by atoms with Crippen LogP contribution in [0, 0.1) is 5.82 Å². The predicted molar refractivity (Wildman–Crippen MR) is 112 cm³/mol. The fraction of sp³-hybridized carbons (Fsp3) is 0.273. The number of hydrogen-bond acceptors (Lipinski definition) is 6. The summed E-state index contributed by atoms with van der Waals surface area (Å²) in [6.07, 6.45) is -3.81. The van der Waals surface area contributed by atoms with Crippen LogP contribution in [0.4, 0.5) is 22.4 Å². The molecule has 1 saturated carbocycles. The van der Waals surface area contributed by atoms with Crippen molar-refractivity contribution in [2.45, 2.75) is 37.6 Å². The topological polar surface area (TPSA) is 86.6 Å². The third-order valence-electron chi connectivity index (χ3n) is 5.90. The van der Waals surface area contributed by atoms with Crippen molar-refractivity contribution in [3.63, 3.8) is 0 Å². The lowest BCUT2D eigenvalue weighted by Gasteiger charge is -2.19. The van der Waals surface area contributed by atoms with Crippen molar-refractivity contribution in [3.8, 4) is 16.3 Å². The van der Waals surface area contributed by atoms with Crippen molar-refractivity contribution in [3.05, 3.63) is 64.4 Å². The molecule has 1 aromatic heterocycles. The van der Waals surface area contributed by atoms with Crippen molar-refractivity contribution in [1.82, 2.24) is 20.0 Å². The van der Waals surface area contributed by atoms with E-state index in [9.17, 15) is 32.3 Å². The molecule has 3 amide bonds. The number of alkyl halides is 3. The number of urea groups is 1. The second kappa shape index (κ2) is 7.76. The van der Waals surface area contributed by atoms with E-state index in [1.165, 1.54) is 9.80 Å². The molecule has 34 heavy (non-hydrogen) atoms. The Morgan fingerprint density at radius 1 is 1.06 bits per heavy atom. The van der Waals surface area contributed by atoms with Crippen LogP contribution < -0.4 is 0 Å². The molecule has 1 N–H and O–H groups in total. The molecule has 1 aliphatic carbocycles. The fourth-order valence-electron chi connectivity index (χ4n) is 4.00. The maximum absolute atomic E-state index is 14.4. The Kier molecular flexibility index (Phi) is 5.08. The SMILES string of the molecule is O=C1N(Cc2ccccc2)C(=O)C2(CC2)N1Cc1nnc(-c2cc(C(F)(F)F)cc(O)c2F)s1. The molecule has 3 aromatic rings. The highest BCUT2D eigenvalue weighted by atomic mass is 32.1. The van der Waals surface area contributed by atoms with Gasteiger partial charge in [-0.3, -0.25) is 9.69 Å². The van der Waals surface area contributed by atoms with Crippen molar-refractivity contribution in [2.24, 2.45) is 0 Å². The zero-order valence-electron chi connectivity index (χ0n) is 17.3. The Balaban J connectivity index is 1.41. The third-order valence-corrected chi connectivity index (χ3v) is 6.84. The molecule has 176 valence electrons. The van der Waals surface area contributed by atoms with E-state index >= 15 is 0 Å². The third kappa shape index (κ3) is 3.67. The molecule has 0 atom stereocenters. The number of imide groups is 1. The highest BCUT2D eigenvalue weighted by Gasteiger charge is 2.64. The largest absolute Gasteiger partial charge is 0.505 e. The molecule has 2 heterocycles. The number of halogens is 4. The summed E-state index contributed by atoms with van der Waals surface area (Å²) in [5, 5.41) is 17.3. The maximum atomic E-state index is 14.4. The van der Waals surface area contributed by atoms with Gasteiger partial charge in [0.1, 0.15) is 10.5 Å². The first-order valence-corrected chi connectivity index (χ1v) is 11.0. The summed E-state index contributed by atoms with van der Waals surface area (Å²) in [7, 11) is 0. The molecule has 2 fully saturated rings. The number of phenolic OH excluding ortho intramolecular Hbond substituents is 1. The number of carbonyl (C=O) groups is 2. The standard InChI is InChI=1S/C22H16F4N4O3S/c23-17-14(8-13(9-15(17)31)22(24,25)26)18-28-27-16(34-18)11-30-20(33)29(19(32)21(30)6-7-21)10-12-4-2-1-3-5-12/h1-5,8-9,31H,6-7,10-11H2. The summed E-state index contributed by atoms with van der Waals surface area (Å²) in [6, 6.07) is 9.40. The van der Waals surface area contributed by atoms with Gasteiger partial charge in [0.05, 0.1) is 24.2 Å². The van der Waals surface area contributed by atoms with Gasteiger partial charge in [-0.15, -0.1) is 10.2 Å². The Morgan fingerprint density at radius 2 is 1.76 bits per heavy atom. The highest BCUT2D eigenvalue weighted by molar-refractivity contribution is 7.14. The van der Waals surface area contributed by atoms with E-state index in [1.807, 2.05) is 6.07 Å². The van der Waals surface area contributed by atoms with E-state index in [-0.39, 0.29) is 29.0 Å². The van der Waals surface area contributed by atoms with Crippen LogP contribution in [-0.2, 0) is 24.1 Å². The Labute approximate surface area is 194 Å². The number of amides is 3. The van der Waals surface area contributed by atoms with Gasteiger partial charge in [-0.05, 0) is 30.5 Å². The van der Waals surface area contributed by atoms with Gasteiger partial charge in [-0.1, -0.05) is 41.7 Å². The van der Waals surface area contributed by atoms with Crippen molar-refractivity contribution >= 4 is 23.3 Å². The van der Waals surface area contributed by atoms with Crippen LogP contribution in [0.2, 0.25) is 0 Å². The van der Waals surface area contributed by atoms with Gasteiger partial charge in [0.25, 0.3) is 5.91 Å². The monoisotopic (exact) mass is 492 g/mol. The second-order valence-corrected chi connectivity index (χ2v) is 9.19. The first-order chi connectivity index (χ1) is 16.1. The average Bonchev–Trinajstić information content (AvgIpc) is 3.43. The normalized spacial score (nSPS) is 17.2. The summed E-state index contributed by atoms with van der Waals surface area (Å²) < 4.78 is 53.6. The highest BCUT2D eigenvalue weighted by Crippen LogP contribution is 2.49. The summed E-state index contributed by atoms with van der Waals surface area (Å²) in [4.78, 5) is 28.6. The first-order valence-electron chi connectivity index (χ1n) is 10.2. The molecule has 2 aliphatic rings. The van der Waals surface area contributed by atoms with Crippen LogP contribution in [0.15, 0.2) is 42.5 Å². The number of aromatic nitrogens is 2. The average molecular weight is 492 g/mol. The zero-order chi connectivity index (χ0) is 24.3.